The Labute approximate surface area is 107 Å². The molecule has 17 heavy (non-hydrogen) atoms. The number of rotatable bonds is 7. The van der Waals surface area contributed by atoms with Gasteiger partial charge in [-0.15, -0.1) is 0 Å². The van der Waals surface area contributed by atoms with Crippen molar-refractivity contribution in [1.29, 1.82) is 0 Å². The van der Waals surface area contributed by atoms with E-state index in [0.29, 0.717) is 5.92 Å². The maximum atomic E-state index is 6.46. The highest BCUT2D eigenvalue weighted by Gasteiger charge is 2.30. The lowest BCUT2D eigenvalue weighted by molar-refractivity contribution is 0.0140. The van der Waals surface area contributed by atoms with Gasteiger partial charge in [-0.1, -0.05) is 39.5 Å². The molecule has 0 heterocycles. The Balaban J connectivity index is 2.49. The summed E-state index contributed by atoms with van der Waals surface area (Å²) in [5.41, 5.74) is 6.46. The van der Waals surface area contributed by atoms with Crippen LogP contribution in [0.25, 0.3) is 0 Å². The molecular weight excluding hydrogens is 210 g/mol. The molecule has 0 amide bonds. The van der Waals surface area contributed by atoms with Crippen molar-refractivity contribution >= 4 is 0 Å². The van der Waals surface area contributed by atoms with E-state index in [2.05, 4.69) is 20.8 Å². The van der Waals surface area contributed by atoms with Crippen molar-refractivity contribution in [2.24, 2.45) is 17.6 Å². The SMILES string of the molecule is CCCC(OCC)C(N)C1CCCC(CC)C1. The third-order valence-electron chi connectivity index (χ3n) is 4.33. The summed E-state index contributed by atoms with van der Waals surface area (Å²) >= 11 is 0. The molecular formula is C15H31NO. The summed E-state index contributed by atoms with van der Waals surface area (Å²) in [5.74, 6) is 1.60. The first-order chi connectivity index (χ1) is 8.22. The van der Waals surface area contributed by atoms with Crippen LogP contribution < -0.4 is 5.73 Å². The standard InChI is InChI=1S/C15H31NO/c1-4-8-14(17-6-3)15(16)13-10-7-9-12(5-2)11-13/h12-15H,4-11,16H2,1-3H3. The average molecular weight is 241 g/mol. The highest BCUT2D eigenvalue weighted by Crippen LogP contribution is 2.34. The van der Waals surface area contributed by atoms with Crippen LogP contribution in [0.1, 0.15) is 65.7 Å². The summed E-state index contributed by atoms with van der Waals surface area (Å²) in [6, 6.07) is 0.254. The molecule has 1 aliphatic carbocycles. The molecule has 0 saturated heterocycles. The molecule has 0 aromatic carbocycles. The Morgan fingerprint density at radius 3 is 2.59 bits per heavy atom. The summed E-state index contributed by atoms with van der Waals surface area (Å²) in [7, 11) is 0. The third-order valence-corrected chi connectivity index (χ3v) is 4.33. The van der Waals surface area contributed by atoms with Crippen LogP contribution in [-0.4, -0.2) is 18.8 Å². The predicted molar refractivity (Wildman–Crippen MR) is 74.0 cm³/mol. The van der Waals surface area contributed by atoms with Crippen molar-refractivity contribution in [3.63, 3.8) is 0 Å². The Kier molecular flexibility index (Phi) is 7.14. The molecule has 0 aromatic heterocycles. The molecule has 0 aliphatic heterocycles. The van der Waals surface area contributed by atoms with Gasteiger partial charge in [0.05, 0.1) is 6.10 Å². The maximum absolute atomic E-state index is 6.46. The van der Waals surface area contributed by atoms with Crippen molar-refractivity contribution in [1.82, 2.24) is 0 Å². The second-order valence-electron chi connectivity index (χ2n) is 5.56. The highest BCUT2D eigenvalue weighted by atomic mass is 16.5. The quantitative estimate of drug-likeness (QED) is 0.737. The van der Waals surface area contributed by atoms with E-state index >= 15 is 0 Å². The molecule has 2 nitrogen and oxygen atoms in total. The molecule has 1 aliphatic rings. The van der Waals surface area contributed by atoms with Gasteiger partial charge in [0.1, 0.15) is 0 Å². The molecule has 1 rings (SSSR count). The molecule has 0 radical (unpaired) electrons. The van der Waals surface area contributed by atoms with Crippen LogP contribution in [0.5, 0.6) is 0 Å². The first kappa shape index (κ1) is 15.0. The fourth-order valence-corrected chi connectivity index (χ4v) is 3.24. The van der Waals surface area contributed by atoms with Crippen LogP contribution in [0.3, 0.4) is 0 Å². The van der Waals surface area contributed by atoms with Crippen molar-refractivity contribution < 1.29 is 4.74 Å². The smallest absolute Gasteiger partial charge is 0.0728 e. The van der Waals surface area contributed by atoms with Gasteiger partial charge in [-0.05, 0) is 38.0 Å². The monoisotopic (exact) mass is 241 g/mol. The molecule has 4 unspecified atom stereocenters. The fraction of sp³-hybridized carbons (Fsp3) is 1.00. The average Bonchev–Trinajstić information content (AvgIpc) is 2.38. The molecule has 1 fully saturated rings. The number of ether oxygens (including phenoxy) is 1. The van der Waals surface area contributed by atoms with Gasteiger partial charge >= 0.3 is 0 Å². The summed E-state index contributed by atoms with van der Waals surface area (Å²) in [6.45, 7) is 7.40. The second kappa shape index (κ2) is 8.10. The van der Waals surface area contributed by atoms with Crippen LogP contribution in [0.4, 0.5) is 0 Å². The highest BCUT2D eigenvalue weighted by molar-refractivity contribution is 4.85. The van der Waals surface area contributed by atoms with Crippen LogP contribution in [0.2, 0.25) is 0 Å². The Bertz CT molecular complexity index is 189. The molecule has 0 aromatic rings. The van der Waals surface area contributed by atoms with Crippen LogP contribution in [-0.2, 0) is 4.74 Å². The van der Waals surface area contributed by atoms with Crippen LogP contribution in [0, 0.1) is 11.8 Å². The molecule has 102 valence electrons. The van der Waals surface area contributed by atoms with Gasteiger partial charge in [0.15, 0.2) is 0 Å². The zero-order valence-corrected chi connectivity index (χ0v) is 12.0. The van der Waals surface area contributed by atoms with Gasteiger partial charge in [0, 0.05) is 12.6 Å². The van der Waals surface area contributed by atoms with E-state index in [9.17, 15) is 0 Å². The van der Waals surface area contributed by atoms with Crippen molar-refractivity contribution in [2.45, 2.75) is 77.9 Å². The summed E-state index contributed by atoms with van der Waals surface area (Å²) in [4.78, 5) is 0. The lowest BCUT2D eigenvalue weighted by atomic mass is 9.75. The fourth-order valence-electron chi connectivity index (χ4n) is 3.24. The number of hydrogen-bond donors (Lipinski definition) is 1. The topological polar surface area (TPSA) is 35.2 Å². The van der Waals surface area contributed by atoms with Gasteiger partial charge in [-0.25, -0.2) is 0 Å². The first-order valence-electron chi connectivity index (χ1n) is 7.60. The third kappa shape index (κ3) is 4.59. The van der Waals surface area contributed by atoms with Gasteiger partial charge in [0.2, 0.25) is 0 Å². The molecule has 2 heteroatoms. The van der Waals surface area contributed by atoms with Crippen molar-refractivity contribution in [2.75, 3.05) is 6.61 Å². The van der Waals surface area contributed by atoms with E-state index in [4.69, 9.17) is 10.5 Å². The van der Waals surface area contributed by atoms with Crippen molar-refractivity contribution in [3.8, 4) is 0 Å². The molecule has 1 saturated carbocycles. The Hall–Kier alpha value is -0.0800. The lowest BCUT2D eigenvalue weighted by Gasteiger charge is -2.36. The summed E-state index contributed by atoms with van der Waals surface area (Å²) in [5, 5.41) is 0. The van der Waals surface area contributed by atoms with Crippen molar-refractivity contribution in [3.05, 3.63) is 0 Å². The maximum Gasteiger partial charge on any atom is 0.0728 e. The molecule has 0 bridgehead atoms. The minimum atomic E-state index is 0.254. The minimum absolute atomic E-state index is 0.254. The van der Waals surface area contributed by atoms with Gasteiger partial charge in [-0.2, -0.15) is 0 Å². The predicted octanol–water partition coefficient (Wildman–Crippen LogP) is 3.74. The van der Waals surface area contributed by atoms with Gasteiger partial charge in [0.25, 0.3) is 0 Å². The second-order valence-corrected chi connectivity index (χ2v) is 5.56. The van der Waals surface area contributed by atoms with Gasteiger partial charge in [-0.3, -0.25) is 0 Å². The molecule has 0 spiro atoms. The normalized spacial score (nSPS) is 28.9. The summed E-state index contributed by atoms with van der Waals surface area (Å²) in [6.07, 6.45) is 9.29. The van der Waals surface area contributed by atoms with E-state index in [1.165, 1.54) is 38.5 Å². The lowest BCUT2D eigenvalue weighted by Crippen LogP contribution is -2.44. The van der Waals surface area contributed by atoms with E-state index < -0.39 is 0 Å². The molecule has 4 atom stereocenters. The summed E-state index contributed by atoms with van der Waals surface area (Å²) < 4.78 is 5.84. The van der Waals surface area contributed by atoms with Gasteiger partial charge < -0.3 is 10.5 Å². The largest absolute Gasteiger partial charge is 0.377 e. The van der Waals surface area contributed by atoms with Crippen LogP contribution in [0.15, 0.2) is 0 Å². The number of nitrogens with two attached hydrogens (primary N) is 1. The van der Waals surface area contributed by atoms with E-state index in [0.717, 1.165) is 18.9 Å². The Morgan fingerprint density at radius 1 is 1.24 bits per heavy atom. The van der Waals surface area contributed by atoms with Crippen LogP contribution >= 0.6 is 0 Å². The van der Waals surface area contributed by atoms with E-state index in [1.807, 2.05) is 0 Å². The molecule has 2 N–H and O–H groups in total. The number of hydrogen-bond acceptors (Lipinski definition) is 2. The minimum Gasteiger partial charge on any atom is -0.377 e. The van der Waals surface area contributed by atoms with E-state index in [-0.39, 0.29) is 12.1 Å². The Morgan fingerprint density at radius 2 is 2.00 bits per heavy atom. The zero-order chi connectivity index (χ0) is 12.7. The first-order valence-corrected chi connectivity index (χ1v) is 7.60. The van der Waals surface area contributed by atoms with E-state index in [1.54, 1.807) is 0 Å². The zero-order valence-electron chi connectivity index (χ0n) is 12.0.